The monoisotopic (exact) mass is 234 g/mol. The minimum Gasteiger partial charge on any atom is -0.333 e. The Morgan fingerprint density at radius 1 is 1.53 bits per heavy atom. The van der Waals surface area contributed by atoms with E-state index in [2.05, 4.69) is 29.4 Å². The second kappa shape index (κ2) is 3.57. The first-order chi connectivity index (χ1) is 8.10. The van der Waals surface area contributed by atoms with E-state index in [1.165, 1.54) is 0 Å². The third kappa shape index (κ3) is 1.49. The lowest BCUT2D eigenvalue weighted by Crippen LogP contribution is -2.47. The van der Waals surface area contributed by atoms with Gasteiger partial charge in [-0.15, -0.1) is 0 Å². The van der Waals surface area contributed by atoms with Gasteiger partial charge in [0.25, 0.3) is 5.91 Å². The number of H-pyrrole nitrogens is 1. The van der Waals surface area contributed by atoms with Gasteiger partial charge in [-0.25, -0.2) is 0 Å². The molecule has 2 fully saturated rings. The summed E-state index contributed by atoms with van der Waals surface area (Å²) in [6.07, 6.45) is 3.27. The fraction of sp³-hybridized carbons (Fsp3) is 0.667. The van der Waals surface area contributed by atoms with Gasteiger partial charge in [0.2, 0.25) is 0 Å². The predicted octanol–water partition coefficient (Wildman–Crippen LogP) is 0.480. The third-order valence-electron chi connectivity index (χ3n) is 4.35. The van der Waals surface area contributed by atoms with Crippen molar-refractivity contribution in [1.29, 1.82) is 0 Å². The van der Waals surface area contributed by atoms with E-state index in [9.17, 15) is 4.79 Å². The molecule has 92 valence electrons. The Morgan fingerprint density at radius 3 is 3.00 bits per heavy atom. The van der Waals surface area contributed by atoms with Gasteiger partial charge >= 0.3 is 0 Å². The highest BCUT2D eigenvalue weighted by Gasteiger charge is 2.51. The van der Waals surface area contributed by atoms with Crippen molar-refractivity contribution < 1.29 is 4.79 Å². The molecule has 3 rings (SSSR count). The molecule has 0 spiro atoms. The molecule has 2 atom stereocenters. The molecule has 5 nitrogen and oxygen atoms in total. The van der Waals surface area contributed by atoms with Crippen molar-refractivity contribution in [3.8, 4) is 0 Å². The maximum atomic E-state index is 12.4. The van der Waals surface area contributed by atoms with Crippen molar-refractivity contribution in [2.45, 2.75) is 19.4 Å². The van der Waals surface area contributed by atoms with Crippen LogP contribution in [0.3, 0.4) is 0 Å². The molecule has 2 N–H and O–H groups in total. The molecule has 5 heteroatoms. The number of rotatable bonds is 1. The lowest BCUT2D eigenvalue weighted by molar-refractivity contribution is 0.0603. The summed E-state index contributed by atoms with van der Waals surface area (Å²) in [5.74, 6) is 1.26. The molecule has 1 aromatic heterocycles. The fourth-order valence-corrected chi connectivity index (χ4v) is 3.29. The molecule has 2 saturated heterocycles. The molecule has 0 saturated carbocycles. The van der Waals surface area contributed by atoms with Crippen LogP contribution in [-0.4, -0.2) is 46.2 Å². The Morgan fingerprint density at radius 2 is 2.35 bits per heavy atom. The Labute approximate surface area is 101 Å². The number of hydrogen-bond donors (Lipinski definition) is 2. The standard InChI is InChI=1S/C12H18N4O/c1-12(2)10-6-13-3-9(10)7-16(12)11(17)8-4-14-15-5-8/h4-5,9-10,13H,3,6-7H2,1-2H3,(H,14,15). The van der Waals surface area contributed by atoms with Crippen molar-refractivity contribution >= 4 is 5.91 Å². The Balaban J connectivity index is 1.87. The molecule has 0 bridgehead atoms. The van der Waals surface area contributed by atoms with Crippen LogP contribution in [0, 0.1) is 11.8 Å². The second-order valence-electron chi connectivity index (χ2n) is 5.58. The summed E-state index contributed by atoms with van der Waals surface area (Å²) in [5, 5.41) is 9.97. The van der Waals surface area contributed by atoms with E-state index in [0.717, 1.165) is 19.6 Å². The van der Waals surface area contributed by atoms with Gasteiger partial charge in [-0.3, -0.25) is 9.89 Å². The van der Waals surface area contributed by atoms with Crippen molar-refractivity contribution in [1.82, 2.24) is 20.4 Å². The summed E-state index contributed by atoms with van der Waals surface area (Å²) in [6, 6.07) is 0. The largest absolute Gasteiger partial charge is 0.333 e. The van der Waals surface area contributed by atoms with Crippen LogP contribution < -0.4 is 5.32 Å². The number of likely N-dealkylation sites (tertiary alicyclic amines) is 1. The van der Waals surface area contributed by atoms with E-state index in [0.29, 0.717) is 17.4 Å². The Hall–Kier alpha value is -1.36. The van der Waals surface area contributed by atoms with E-state index in [-0.39, 0.29) is 11.4 Å². The van der Waals surface area contributed by atoms with E-state index < -0.39 is 0 Å². The summed E-state index contributed by atoms with van der Waals surface area (Å²) >= 11 is 0. The molecule has 2 aliphatic rings. The van der Waals surface area contributed by atoms with Crippen LogP contribution in [0.15, 0.2) is 12.4 Å². The number of fused-ring (bicyclic) bond motifs is 1. The lowest BCUT2D eigenvalue weighted by Gasteiger charge is -2.35. The maximum absolute atomic E-state index is 12.4. The number of aromatic nitrogens is 2. The van der Waals surface area contributed by atoms with Crippen LogP contribution in [0.1, 0.15) is 24.2 Å². The minimum absolute atomic E-state index is 0.0669. The molecular weight excluding hydrogens is 216 g/mol. The average molecular weight is 234 g/mol. The van der Waals surface area contributed by atoms with Gasteiger partial charge < -0.3 is 10.2 Å². The fourth-order valence-electron chi connectivity index (χ4n) is 3.29. The van der Waals surface area contributed by atoms with Crippen LogP contribution in [-0.2, 0) is 0 Å². The molecule has 0 radical (unpaired) electrons. The molecular formula is C12H18N4O. The number of carbonyl (C=O) groups excluding carboxylic acids is 1. The SMILES string of the molecule is CC1(C)C2CNCC2CN1C(=O)c1cn[nH]c1. The van der Waals surface area contributed by atoms with Crippen LogP contribution in [0.4, 0.5) is 0 Å². The molecule has 0 aliphatic carbocycles. The first-order valence-electron chi connectivity index (χ1n) is 6.12. The van der Waals surface area contributed by atoms with Crippen molar-refractivity contribution in [3.63, 3.8) is 0 Å². The van der Waals surface area contributed by atoms with Gasteiger partial charge in [0.15, 0.2) is 0 Å². The molecule has 2 aliphatic heterocycles. The zero-order chi connectivity index (χ0) is 12.0. The number of nitrogens with one attached hydrogen (secondary N) is 2. The zero-order valence-electron chi connectivity index (χ0n) is 10.2. The third-order valence-corrected chi connectivity index (χ3v) is 4.35. The molecule has 1 amide bonds. The van der Waals surface area contributed by atoms with Crippen LogP contribution in [0.5, 0.6) is 0 Å². The summed E-state index contributed by atoms with van der Waals surface area (Å²) in [5.41, 5.74) is 0.591. The maximum Gasteiger partial charge on any atom is 0.257 e. The Bertz CT molecular complexity index is 426. The number of hydrogen-bond acceptors (Lipinski definition) is 3. The number of amides is 1. The normalized spacial score (nSPS) is 30.6. The van der Waals surface area contributed by atoms with Gasteiger partial charge in [-0.1, -0.05) is 0 Å². The molecule has 17 heavy (non-hydrogen) atoms. The molecule has 3 heterocycles. The van der Waals surface area contributed by atoms with Crippen LogP contribution >= 0.6 is 0 Å². The Kier molecular flexibility index (Phi) is 2.26. The topological polar surface area (TPSA) is 61.0 Å². The highest BCUT2D eigenvalue weighted by Crippen LogP contribution is 2.41. The average Bonchev–Trinajstić information content (AvgIpc) is 2.97. The number of aromatic amines is 1. The smallest absolute Gasteiger partial charge is 0.257 e. The van der Waals surface area contributed by atoms with Gasteiger partial charge in [-0.2, -0.15) is 5.10 Å². The van der Waals surface area contributed by atoms with Gasteiger partial charge in [0, 0.05) is 31.4 Å². The minimum atomic E-state index is -0.0669. The van der Waals surface area contributed by atoms with Crippen LogP contribution in [0.25, 0.3) is 0 Å². The molecule has 1 aromatic rings. The van der Waals surface area contributed by atoms with Crippen molar-refractivity contribution in [3.05, 3.63) is 18.0 Å². The summed E-state index contributed by atoms with van der Waals surface area (Å²) in [4.78, 5) is 14.4. The summed E-state index contributed by atoms with van der Waals surface area (Å²) in [6.45, 7) is 7.25. The zero-order valence-corrected chi connectivity index (χ0v) is 10.2. The highest BCUT2D eigenvalue weighted by molar-refractivity contribution is 5.94. The van der Waals surface area contributed by atoms with Crippen LogP contribution in [0.2, 0.25) is 0 Å². The van der Waals surface area contributed by atoms with E-state index in [1.807, 2.05) is 4.90 Å². The van der Waals surface area contributed by atoms with Gasteiger partial charge in [0.05, 0.1) is 11.8 Å². The van der Waals surface area contributed by atoms with E-state index in [4.69, 9.17) is 0 Å². The van der Waals surface area contributed by atoms with Crippen molar-refractivity contribution in [2.75, 3.05) is 19.6 Å². The first-order valence-corrected chi connectivity index (χ1v) is 6.12. The van der Waals surface area contributed by atoms with Gasteiger partial charge in [0.1, 0.15) is 0 Å². The van der Waals surface area contributed by atoms with Gasteiger partial charge in [-0.05, 0) is 25.7 Å². The first kappa shape index (κ1) is 10.8. The van der Waals surface area contributed by atoms with E-state index >= 15 is 0 Å². The number of nitrogens with zero attached hydrogens (tertiary/aromatic N) is 2. The lowest BCUT2D eigenvalue weighted by atomic mass is 9.85. The quantitative estimate of drug-likeness (QED) is 0.743. The van der Waals surface area contributed by atoms with E-state index in [1.54, 1.807) is 12.4 Å². The summed E-state index contributed by atoms with van der Waals surface area (Å²) in [7, 11) is 0. The molecule has 2 unspecified atom stereocenters. The second-order valence-corrected chi connectivity index (χ2v) is 5.58. The van der Waals surface area contributed by atoms with Crippen molar-refractivity contribution in [2.24, 2.45) is 11.8 Å². The summed E-state index contributed by atoms with van der Waals surface area (Å²) < 4.78 is 0. The molecule has 0 aromatic carbocycles. The predicted molar refractivity (Wildman–Crippen MR) is 63.6 cm³/mol. The number of carbonyl (C=O) groups is 1. The highest BCUT2D eigenvalue weighted by atomic mass is 16.2.